The first-order chi connectivity index (χ1) is 17.6. The third-order valence-electron chi connectivity index (χ3n) is 6.06. The predicted octanol–water partition coefficient (Wildman–Crippen LogP) is 4.06. The van der Waals surface area contributed by atoms with Crippen LogP contribution in [0.2, 0.25) is 0 Å². The molecule has 0 bridgehead atoms. The second kappa shape index (κ2) is 10.5. The van der Waals surface area contributed by atoms with Crippen LogP contribution >= 0.6 is 0 Å². The van der Waals surface area contributed by atoms with Crippen molar-refractivity contribution in [2.75, 3.05) is 12.3 Å². The molecule has 4 rings (SSSR count). The summed E-state index contributed by atoms with van der Waals surface area (Å²) in [7, 11) is 0. The Morgan fingerprint density at radius 1 is 1.29 bits per heavy atom. The number of anilines is 1. The lowest BCUT2D eigenvalue weighted by Gasteiger charge is -2.23. The van der Waals surface area contributed by atoms with E-state index >= 15 is 0 Å². The topological polar surface area (TPSA) is 140 Å². The molecule has 0 aliphatic heterocycles. The SMILES string of the molecule is CCOC(=O)C1CC1c1cn2c(-c3cc(C(C)(O)C(F)F)ccc3C)cnc2c(N)n1.O=C(O)C(F)(F)F. The van der Waals surface area contributed by atoms with Gasteiger partial charge in [-0.3, -0.25) is 9.20 Å². The first-order valence-corrected chi connectivity index (χ1v) is 11.3. The number of nitrogen functional groups attached to an aromatic ring is 1. The summed E-state index contributed by atoms with van der Waals surface area (Å²) in [6.07, 6.45) is -4.02. The predicted molar refractivity (Wildman–Crippen MR) is 124 cm³/mol. The number of carboxylic acid groups (broad SMARTS) is 1. The first kappa shape index (κ1) is 28.8. The Kier molecular flexibility index (Phi) is 7.96. The molecule has 38 heavy (non-hydrogen) atoms. The highest BCUT2D eigenvalue weighted by atomic mass is 19.4. The Balaban J connectivity index is 0.000000505. The zero-order chi connectivity index (χ0) is 28.6. The minimum atomic E-state index is -5.08. The van der Waals surface area contributed by atoms with E-state index < -0.39 is 24.2 Å². The number of rotatable bonds is 6. The number of alkyl halides is 5. The molecule has 9 nitrogen and oxygen atoms in total. The lowest BCUT2D eigenvalue weighted by molar-refractivity contribution is -0.192. The summed E-state index contributed by atoms with van der Waals surface area (Å²) in [6, 6.07) is 4.72. The van der Waals surface area contributed by atoms with E-state index in [0.717, 1.165) is 12.5 Å². The summed E-state index contributed by atoms with van der Waals surface area (Å²) < 4.78 is 65.3. The van der Waals surface area contributed by atoms with E-state index in [-0.39, 0.29) is 29.2 Å². The standard InChI is InChI=1S/C22H24F2N4O3.C2HF3O2/c1-4-31-20(29)15-8-14(15)16-10-28-17(9-26-19(28)18(25)27-16)13-7-12(6-5-11(13)2)22(3,30)21(23)24;3-2(4,5)1(6)7/h5-7,9-10,14-15,21,30H,4,8H2,1-3H3,(H2,25,27);(H,6,7). The maximum absolute atomic E-state index is 13.4. The Bertz CT molecular complexity index is 1360. The fourth-order valence-corrected chi connectivity index (χ4v) is 3.78. The van der Waals surface area contributed by atoms with E-state index in [1.165, 1.54) is 6.07 Å². The van der Waals surface area contributed by atoms with Gasteiger partial charge < -0.3 is 20.7 Å². The molecule has 0 radical (unpaired) electrons. The van der Waals surface area contributed by atoms with Crippen LogP contribution in [0.1, 0.15) is 43.0 Å². The fraction of sp³-hybridized carbons (Fsp3) is 0.417. The Morgan fingerprint density at radius 3 is 2.47 bits per heavy atom. The summed E-state index contributed by atoms with van der Waals surface area (Å²) >= 11 is 0. The highest BCUT2D eigenvalue weighted by Gasteiger charge is 2.46. The number of hydrogen-bond acceptors (Lipinski definition) is 7. The van der Waals surface area contributed by atoms with Crippen molar-refractivity contribution in [2.45, 2.75) is 51.3 Å². The maximum atomic E-state index is 13.4. The summed E-state index contributed by atoms with van der Waals surface area (Å²) in [5.41, 5.74) is 7.11. The van der Waals surface area contributed by atoms with Crippen molar-refractivity contribution >= 4 is 23.4 Å². The molecule has 3 atom stereocenters. The smallest absolute Gasteiger partial charge is 0.475 e. The second-order valence-electron chi connectivity index (χ2n) is 8.87. The van der Waals surface area contributed by atoms with Crippen molar-refractivity contribution in [2.24, 2.45) is 5.92 Å². The van der Waals surface area contributed by atoms with Gasteiger partial charge in [-0.1, -0.05) is 12.1 Å². The van der Waals surface area contributed by atoms with Crippen molar-refractivity contribution in [3.63, 3.8) is 0 Å². The molecule has 0 saturated heterocycles. The number of carboxylic acids is 1. The van der Waals surface area contributed by atoms with E-state index in [1.807, 2.05) is 6.92 Å². The van der Waals surface area contributed by atoms with E-state index in [9.17, 15) is 31.9 Å². The summed E-state index contributed by atoms with van der Waals surface area (Å²) in [5, 5.41) is 17.4. The zero-order valence-electron chi connectivity index (χ0n) is 20.5. The molecule has 206 valence electrons. The minimum absolute atomic E-state index is 0.0898. The average Bonchev–Trinajstić information content (AvgIpc) is 3.52. The fourth-order valence-electron chi connectivity index (χ4n) is 3.78. The van der Waals surface area contributed by atoms with Gasteiger partial charge in [0.15, 0.2) is 11.5 Å². The molecule has 1 saturated carbocycles. The van der Waals surface area contributed by atoms with Crippen LogP contribution < -0.4 is 5.73 Å². The first-order valence-electron chi connectivity index (χ1n) is 11.3. The molecule has 0 amide bonds. The van der Waals surface area contributed by atoms with Gasteiger partial charge in [-0.15, -0.1) is 0 Å². The second-order valence-corrected chi connectivity index (χ2v) is 8.87. The van der Waals surface area contributed by atoms with Crippen LogP contribution in [0.4, 0.5) is 27.8 Å². The third-order valence-corrected chi connectivity index (χ3v) is 6.06. The normalized spacial score (nSPS) is 18.5. The van der Waals surface area contributed by atoms with Crippen LogP contribution in [-0.2, 0) is 19.9 Å². The van der Waals surface area contributed by atoms with E-state index in [1.54, 1.807) is 35.9 Å². The van der Waals surface area contributed by atoms with Crippen LogP contribution in [0, 0.1) is 12.8 Å². The van der Waals surface area contributed by atoms with Crippen molar-refractivity contribution in [1.82, 2.24) is 14.4 Å². The molecule has 1 aliphatic carbocycles. The number of halogens is 5. The molecular weight excluding hydrogens is 519 g/mol. The van der Waals surface area contributed by atoms with Crippen molar-refractivity contribution < 1.29 is 46.5 Å². The monoisotopic (exact) mass is 544 g/mol. The van der Waals surface area contributed by atoms with Crippen LogP contribution in [0.25, 0.3) is 16.9 Å². The van der Waals surface area contributed by atoms with Gasteiger partial charge >= 0.3 is 18.1 Å². The van der Waals surface area contributed by atoms with E-state index in [4.69, 9.17) is 20.4 Å². The van der Waals surface area contributed by atoms with E-state index in [0.29, 0.717) is 35.6 Å². The number of nitrogens with two attached hydrogens (primary N) is 1. The molecule has 2 heterocycles. The van der Waals surface area contributed by atoms with Gasteiger partial charge in [-0.05, 0) is 44.4 Å². The van der Waals surface area contributed by atoms with Gasteiger partial charge in [-0.25, -0.2) is 23.5 Å². The van der Waals surface area contributed by atoms with Crippen LogP contribution in [0.5, 0.6) is 0 Å². The highest BCUT2D eigenvalue weighted by Crippen LogP contribution is 2.48. The number of fused-ring (bicyclic) bond motifs is 1. The highest BCUT2D eigenvalue weighted by molar-refractivity contribution is 5.78. The number of esters is 1. The number of hydrogen-bond donors (Lipinski definition) is 3. The molecular formula is C24H25F5N4O5. The van der Waals surface area contributed by atoms with Crippen LogP contribution in [-0.4, -0.2) is 55.7 Å². The number of ether oxygens (including phenoxy) is 1. The molecule has 3 unspecified atom stereocenters. The third kappa shape index (κ3) is 5.85. The minimum Gasteiger partial charge on any atom is -0.475 e. The van der Waals surface area contributed by atoms with Gasteiger partial charge in [0.25, 0.3) is 6.43 Å². The number of carbonyl (C=O) groups excluding carboxylic acids is 1. The molecule has 1 aromatic carbocycles. The Morgan fingerprint density at radius 2 is 1.92 bits per heavy atom. The number of aryl methyl sites for hydroxylation is 1. The number of aromatic nitrogens is 3. The molecule has 3 aromatic rings. The number of carbonyl (C=O) groups is 2. The Labute approximate surface area is 213 Å². The van der Waals surface area contributed by atoms with Crippen molar-refractivity contribution in [3.8, 4) is 11.3 Å². The van der Waals surface area contributed by atoms with Crippen molar-refractivity contribution in [3.05, 3.63) is 47.4 Å². The molecule has 1 aliphatic rings. The van der Waals surface area contributed by atoms with Gasteiger partial charge in [0.1, 0.15) is 5.60 Å². The van der Waals surface area contributed by atoms with Gasteiger partial charge in [0.05, 0.1) is 30.1 Å². The van der Waals surface area contributed by atoms with E-state index in [2.05, 4.69) is 9.97 Å². The molecule has 2 aromatic heterocycles. The summed E-state index contributed by atoms with van der Waals surface area (Å²) in [6.45, 7) is 5.01. The Hall–Kier alpha value is -3.81. The van der Waals surface area contributed by atoms with Gasteiger partial charge in [0.2, 0.25) is 0 Å². The molecule has 14 heteroatoms. The van der Waals surface area contributed by atoms with Gasteiger partial charge in [0, 0.05) is 17.7 Å². The number of nitrogens with zero attached hydrogens (tertiary/aromatic N) is 3. The van der Waals surface area contributed by atoms with Gasteiger partial charge in [-0.2, -0.15) is 13.2 Å². The van der Waals surface area contributed by atoms with Crippen LogP contribution in [0.15, 0.2) is 30.6 Å². The summed E-state index contributed by atoms with van der Waals surface area (Å²) in [4.78, 5) is 29.7. The van der Waals surface area contributed by atoms with Crippen LogP contribution in [0.3, 0.4) is 0 Å². The maximum Gasteiger partial charge on any atom is 0.490 e. The quantitative estimate of drug-likeness (QED) is 0.312. The average molecular weight is 544 g/mol. The summed E-state index contributed by atoms with van der Waals surface area (Å²) in [5.74, 6) is -3.13. The molecule has 0 spiro atoms. The number of aliphatic hydroxyl groups is 1. The van der Waals surface area contributed by atoms with Crippen molar-refractivity contribution in [1.29, 1.82) is 0 Å². The molecule has 1 fully saturated rings. The molecule has 4 N–H and O–H groups in total. The number of benzene rings is 1. The lowest BCUT2D eigenvalue weighted by Crippen LogP contribution is -2.30. The number of imidazole rings is 1. The number of aliphatic carboxylic acids is 1. The zero-order valence-corrected chi connectivity index (χ0v) is 20.5. The lowest BCUT2D eigenvalue weighted by atomic mass is 9.92. The largest absolute Gasteiger partial charge is 0.490 e.